The van der Waals surface area contributed by atoms with Crippen LogP contribution in [0.15, 0.2) is 0 Å². The van der Waals surface area contributed by atoms with E-state index in [9.17, 15) is 9.90 Å². The van der Waals surface area contributed by atoms with E-state index in [-0.39, 0.29) is 18.6 Å². The Morgan fingerprint density at radius 2 is 2.25 bits per heavy atom. The summed E-state index contributed by atoms with van der Waals surface area (Å²) in [5.41, 5.74) is 5.27. The molecule has 2 atom stereocenters. The number of piperidine rings is 1. The van der Waals surface area contributed by atoms with Crippen LogP contribution in [0.1, 0.15) is 46.0 Å². The third kappa shape index (κ3) is 2.95. The largest absolute Gasteiger partial charge is 0.394 e. The number of hydrogen-bond acceptors (Lipinski definition) is 3. The van der Waals surface area contributed by atoms with Gasteiger partial charge in [0.15, 0.2) is 0 Å². The van der Waals surface area contributed by atoms with E-state index in [4.69, 9.17) is 5.73 Å². The number of nitrogens with zero attached hydrogens (tertiary/aromatic N) is 1. The molecule has 3 N–H and O–H groups in total. The Morgan fingerprint density at radius 1 is 1.56 bits per heavy atom. The van der Waals surface area contributed by atoms with Gasteiger partial charge in [-0.1, -0.05) is 13.3 Å². The standard InChI is InChI=1S/C12H24N2O2/c1-3-7-12(2,13)11(16)14-8-5-4-6-10(14)9-15/h10,15H,3-9,13H2,1-2H3. The Kier molecular flexibility index (Phi) is 4.74. The zero-order valence-corrected chi connectivity index (χ0v) is 10.4. The number of aliphatic hydroxyl groups excluding tert-OH is 1. The summed E-state index contributed by atoms with van der Waals surface area (Å²) < 4.78 is 0. The molecule has 1 amide bonds. The Hall–Kier alpha value is -0.610. The lowest BCUT2D eigenvalue weighted by molar-refractivity contribution is -0.141. The van der Waals surface area contributed by atoms with Crippen LogP contribution in [0.3, 0.4) is 0 Å². The van der Waals surface area contributed by atoms with Gasteiger partial charge in [-0.2, -0.15) is 0 Å². The predicted molar refractivity (Wildman–Crippen MR) is 63.9 cm³/mol. The molecule has 0 aromatic heterocycles. The zero-order valence-electron chi connectivity index (χ0n) is 10.4. The first-order chi connectivity index (χ1) is 7.53. The van der Waals surface area contributed by atoms with Gasteiger partial charge in [-0.25, -0.2) is 0 Å². The van der Waals surface area contributed by atoms with Crippen LogP contribution in [0.5, 0.6) is 0 Å². The number of hydrogen-bond donors (Lipinski definition) is 2. The predicted octanol–water partition coefficient (Wildman–Crippen LogP) is 0.877. The molecular weight excluding hydrogens is 204 g/mol. The van der Waals surface area contributed by atoms with Crippen molar-refractivity contribution in [2.45, 2.75) is 57.5 Å². The SMILES string of the molecule is CCCC(C)(N)C(=O)N1CCCCC1CO. The zero-order chi connectivity index (χ0) is 12.2. The van der Waals surface area contributed by atoms with Gasteiger partial charge in [0.25, 0.3) is 0 Å². The summed E-state index contributed by atoms with van der Waals surface area (Å²) in [5, 5.41) is 9.27. The lowest BCUT2D eigenvalue weighted by Crippen LogP contribution is -2.58. The van der Waals surface area contributed by atoms with Crippen molar-refractivity contribution in [1.82, 2.24) is 4.90 Å². The van der Waals surface area contributed by atoms with Crippen molar-refractivity contribution in [2.24, 2.45) is 5.73 Å². The maximum Gasteiger partial charge on any atom is 0.242 e. The Labute approximate surface area is 97.8 Å². The normalized spacial score (nSPS) is 25.2. The molecule has 1 aliphatic rings. The van der Waals surface area contributed by atoms with Crippen LogP contribution < -0.4 is 5.73 Å². The molecular formula is C12H24N2O2. The van der Waals surface area contributed by atoms with Gasteiger partial charge >= 0.3 is 0 Å². The summed E-state index contributed by atoms with van der Waals surface area (Å²) in [6.07, 6.45) is 4.59. The summed E-state index contributed by atoms with van der Waals surface area (Å²) >= 11 is 0. The molecule has 4 nitrogen and oxygen atoms in total. The van der Waals surface area contributed by atoms with Crippen LogP contribution in [-0.4, -0.2) is 40.6 Å². The molecule has 2 unspecified atom stereocenters. The van der Waals surface area contributed by atoms with Crippen molar-refractivity contribution in [3.8, 4) is 0 Å². The molecule has 1 rings (SSSR count). The molecule has 0 spiro atoms. The van der Waals surface area contributed by atoms with E-state index in [1.165, 1.54) is 0 Å². The van der Waals surface area contributed by atoms with Crippen molar-refractivity contribution in [1.29, 1.82) is 0 Å². The molecule has 0 radical (unpaired) electrons. The molecule has 1 aliphatic heterocycles. The minimum atomic E-state index is -0.778. The highest BCUT2D eigenvalue weighted by atomic mass is 16.3. The molecule has 16 heavy (non-hydrogen) atoms. The van der Waals surface area contributed by atoms with Gasteiger partial charge in [-0.15, -0.1) is 0 Å². The maximum absolute atomic E-state index is 12.3. The van der Waals surface area contributed by atoms with E-state index in [2.05, 4.69) is 0 Å². The lowest BCUT2D eigenvalue weighted by Gasteiger charge is -2.39. The van der Waals surface area contributed by atoms with Crippen molar-refractivity contribution >= 4 is 5.91 Å². The number of carbonyl (C=O) groups is 1. The van der Waals surface area contributed by atoms with Crippen LogP contribution in [0, 0.1) is 0 Å². The van der Waals surface area contributed by atoms with E-state index >= 15 is 0 Å². The highest BCUT2D eigenvalue weighted by molar-refractivity contribution is 5.86. The molecule has 0 aromatic rings. The van der Waals surface area contributed by atoms with E-state index in [0.717, 1.165) is 32.2 Å². The average molecular weight is 228 g/mol. The van der Waals surface area contributed by atoms with E-state index < -0.39 is 5.54 Å². The van der Waals surface area contributed by atoms with Crippen LogP contribution in [0.25, 0.3) is 0 Å². The van der Waals surface area contributed by atoms with Gasteiger partial charge in [-0.3, -0.25) is 4.79 Å². The number of amides is 1. The van der Waals surface area contributed by atoms with Crippen LogP contribution in [-0.2, 0) is 4.79 Å². The Balaban J connectivity index is 2.70. The van der Waals surface area contributed by atoms with Gasteiger partial charge < -0.3 is 15.7 Å². The molecule has 1 fully saturated rings. The molecule has 0 aliphatic carbocycles. The first kappa shape index (κ1) is 13.5. The van der Waals surface area contributed by atoms with Gasteiger partial charge in [0.1, 0.15) is 0 Å². The highest BCUT2D eigenvalue weighted by Gasteiger charge is 2.36. The smallest absolute Gasteiger partial charge is 0.242 e. The number of likely N-dealkylation sites (tertiary alicyclic amines) is 1. The quantitative estimate of drug-likeness (QED) is 0.750. The number of nitrogens with two attached hydrogens (primary N) is 1. The topological polar surface area (TPSA) is 66.6 Å². The summed E-state index contributed by atoms with van der Waals surface area (Å²) in [5.74, 6) is -0.00639. The molecule has 94 valence electrons. The molecule has 0 bridgehead atoms. The molecule has 0 aromatic carbocycles. The summed E-state index contributed by atoms with van der Waals surface area (Å²) in [4.78, 5) is 14.0. The third-order valence-electron chi connectivity index (χ3n) is 3.36. The van der Waals surface area contributed by atoms with Crippen LogP contribution >= 0.6 is 0 Å². The Morgan fingerprint density at radius 3 is 2.81 bits per heavy atom. The van der Waals surface area contributed by atoms with Crippen LogP contribution in [0.2, 0.25) is 0 Å². The van der Waals surface area contributed by atoms with Crippen molar-refractivity contribution in [3.05, 3.63) is 0 Å². The van der Waals surface area contributed by atoms with E-state index in [1.54, 1.807) is 11.8 Å². The lowest BCUT2D eigenvalue weighted by atomic mass is 9.92. The summed E-state index contributed by atoms with van der Waals surface area (Å²) in [6.45, 7) is 4.61. The van der Waals surface area contributed by atoms with Crippen LogP contribution in [0.4, 0.5) is 0 Å². The molecule has 1 saturated heterocycles. The van der Waals surface area contributed by atoms with Gasteiger partial charge in [0.2, 0.25) is 5.91 Å². The fourth-order valence-corrected chi connectivity index (χ4v) is 2.41. The van der Waals surface area contributed by atoms with Crippen molar-refractivity contribution in [2.75, 3.05) is 13.2 Å². The Bertz CT molecular complexity index is 241. The fourth-order valence-electron chi connectivity index (χ4n) is 2.41. The first-order valence-electron chi connectivity index (χ1n) is 6.23. The molecule has 1 heterocycles. The molecule has 4 heteroatoms. The third-order valence-corrected chi connectivity index (χ3v) is 3.36. The maximum atomic E-state index is 12.3. The van der Waals surface area contributed by atoms with Crippen molar-refractivity contribution in [3.63, 3.8) is 0 Å². The van der Waals surface area contributed by atoms with E-state index in [0.29, 0.717) is 6.42 Å². The van der Waals surface area contributed by atoms with Gasteiger partial charge in [-0.05, 0) is 32.6 Å². The number of carbonyl (C=O) groups excluding carboxylic acids is 1. The fraction of sp³-hybridized carbons (Fsp3) is 0.917. The van der Waals surface area contributed by atoms with E-state index in [1.807, 2.05) is 6.92 Å². The second kappa shape index (κ2) is 5.64. The number of rotatable bonds is 4. The first-order valence-corrected chi connectivity index (χ1v) is 6.23. The minimum Gasteiger partial charge on any atom is -0.394 e. The number of aliphatic hydroxyl groups is 1. The van der Waals surface area contributed by atoms with Crippen molar-refractivity contribution < 1.29 is 9.90 Å². The van der Waals surface area contributed by atoms with Gasteiger partial charge in [0.05, 0.1) is 18.2 Å². The minimum absolute atomic E-state index is 0.00639. The molecule has 0 saturated carbocycles. The average Bonchev–Trinajstić information content (AvgIpc) is 2.28. The summed E-state index contributed by atoms with van der Waals surface area (Å²) in [6, 6.07) is -0.0269. The second-order valence-corrected chi connectivity index (χ2v) is 5.00. The highest BCUT2D eigenvalue weighted by Crippen LogP contribution is 2.21. The second-order valence-electron chi connectivity index (χ2n) is 5.00. The monoisotopic (exact) mass is 228 g/mol. The van der Waals surface area contributed by atoms with Gasteiger partial charge in [0, 0.05) is 6.54 Å². The summed E-state index contributed by atoms with van der Waals surface area (Å²) in [7, 11) is 0.